The number of nitrogens with zero attached hydrogens (tertiary/aromatic N) is 1. The summed E-state index contributed by atoms with van der Waals surface area (Å²) in [5, 5.41) is 0. The van der Waals surface area contributed by atoms with E-state index in [4.69, 9.17) is 4.74 Å². The molecule has 0 aliphatic rings. The van der Waals surface area contributed by atoms with E-state index in [0.29, 0.717) is 0 Å². The first kappa shape index (κ1) is 10.3. The van der Waals surface area contributed by atoms with Gasteiger partial charge in [-0.15, -0.1) is 0 Å². The van der Waals surface area contributed by atoms with Gasteiger partial charge in [-0.25, -0.2) is 0 Å². The van der Waals surface area contributed by atoms with Crippen LogP contribution in [0.1, 0.15) is 26.7 Å². The van der Waals surface area contributed by atoms with Gasteiger partial charge in [-0.2, -0.15) is 0 Å². The summed E-state index contributed by atoms with van der Waals surface area (Å²) in [5.41, 5.74) is 0. The summed E-state index contributed by atoms with van der Waals surface area (Å²) in [6.45, 7) is 9.77. The highest BCUT2D eigenvalue weighted by Crippen LogP contribution is 2.00. The Morgan fingerprint density at radius 3 is 2.55 bits per heavy atom. The van der Waals surface area contributed by atoms with Crippen molar-refractivity contribution in [1.29, 1.82) is 0 Å². The summed E-state index contributed by atoms with van der Waals surface area (Å²) in [5.74, 6) is 0.779. The van der Waals surface area contributed by atoms with Crippen molar-refractivity contribution in [2.24, 2.45) is 0 Å². The molecular formula is C9H19NO. The largest absolute Gasteiger partial charge is 0.480 e. The predicted molar refractivity (Wildman–Crippen MR) is 48.3 cm³/mol. The third-order valence-electron chi connectivity index (χ3n) is 1.67. The van der Waals surface area contributed by atoms with Gasteiger partial charge in [0, 0.05) is 13.6 Å². The van der Waals surface area contributed by atoms with E-state index in [2.05, 4.69) is 20.4 Å². The van der Waals surface area contributed by atoms with Gasteiger partial charge < -0.3 is 9.64 Å². The summed E-state index contributed by atoms with van der Waals surface area (Å²) in [7, 11) is 1.98. The van der Waals surface area contributed by atoms with Crippen molar-refractivity contribution >= 4 is 0 Å². The molecule has 0 aromatic carbocycles. The Morgan fingerprint density at radius 2 is 2.09 bits per heavy atom. The fraction of sp³-hybridized carbons (Fsp3) is 0.778. The van der Waals surface area contributed by atoms with Gasteiger partial charge >= 0.3 is 0 Å². The first-order chi connectivity index (χ1) is 5.22. The summed E-state index contributed by atoms with van der Waals surface area (Å²) in [6.07, 6.45) is 2.28. The van der Waals surface area contributed by atoms with Crippen LogP contribution in [0.25, 0.3) is 0 Å². The Bertz CT molecular complexity index is 112. The molecule has 0 aromatic rings. The van der Waals surface area contributed by atoms with Gasteiger partial charge in [-0.05, 0) is 19.9 Å². The van der Waals surface area contributed by atoms with Gasteiger partial charge in [0.25, 0.3) is 0 Å². The molecular weight excluding hydrogens is 138 g/mol. The molecule has 0 N–H and O–H groups in total. The van der Waals surface area contributed by atoms with Crippen LogP contribution in [0.3, 0.4) is 0 Å². The average Bonchev–Trinajstić information content (AvgIpc) is 2.03. The number of hydrogen-bond acceptors (Lipinski definition) is 2. The van der Waals surface area contributed by atoms with Crippen LogP contribution in [0.2, 0.25) is 0 Å². The van der Waals surface area contributed by atoms with Crippen LogP contribution in [-0.2, 0) is 4.74 Å². The summed E-state index contributed by atoms with van der Waals surface area (Å²) < 4.78 is 5.37. The number of ether oxygens (including phenoxy) is 1. The average molecular weight is 157 g/mol. The van der Waals surface area contributed by atoms with Crippen molar-refractivity contribution in [2.75, 3.05) is 20.2 Å². The molecule has 2 nitrogen and oxygen atoms in total. The zero-order valence-corrected chi connectivity index (χ0v) is 7.89. The standard InChI is InChI=1S/C9H19NO/c1-5-7-8-11-9(3)10(4)6-2/h3,5-8H2,1-2,4H3. The summed E-state index contributed by atoms with van der Waals surface area (Å²) in [4.78, 5) is 2.00. The summed E-state index contributed by atoms with van der Waals surface area (Å²) >= 11 is 0. The van der Waals surface area contributed by atoms with Crippen molar-refractivity contribution in [3.8, 4) is 0 Å². The molecule has 0 fully saturated rings. The molecule has 0 saturated carbocycles. The smallest absolute Gasteiger partial charge is 0.181 e. The number of rotatable bonds is 6. The molecule has 11 heavy (non-hydrogen) atoms. The molecule has 0 unspecified atom stereocenters. The second kappa shape index (κ2) is 6.08. The minimum atomic E-state index is 0.779. The Morgan fingerprint density at radius 1 is 1.45 bits per heavy atom. The molecule has 0 radical (unpaired) electrons. The Labute approximate surface area is 69.8 Å². The van der Waals surface area contributed by atoms with Crippen LogP contribution in [0.15, 0.2) is 12.5 Å². The molecule has 0 spiro atoms. The van der Waals surface area contributed by atoms with Crippen molar-refractivity contribution in [1.82, 2.24) is 4.90 Å². The van der Waals surface area contributed by atoms with Crippen LogP contribution < -0.4 is 0 Å². The lowest BCUT2D eigenvalue weighted by Gasteiger charge is -2.19. The lowest BCUT2D eigenvalue weighted by Crippen LogP contribution is -2.18. The number of unbranched alkanes of at least 4 members (excludes halogenated alkanes) is 1. The Balaban J connectivity index is 3.36. The maximum Gasteiger partial charge on any atom is 0.181 e. The minimum Gasteiger partial charge on any atom is -0.480 e. The van der Waals surface area contributed by atoms with Crippen molar-refractivity contribution in [3.05, 3.63) is 12.5 Å². The minimum absolute atomic E-state index is 0.779. The SMILES string of the molecule is C=C(OCCCC)N(C)CC. The first-order valence-electron chi connectivity index (χ1n) is 4.25. The van der Waals surface area contributed by atoms with E-state index in [0.717, 1.165) is 25.5 Å². The maximum absolute atomic E-state index is 5.37. The zero-order chi connectivity index (χ0) is 8.69. The molecule has 0 rings (SSSR count). The molecule has 0 atom stereocenters. The first-order valence-corrected chi connectivity index (χ1v) is 4.25. The van der Waals surface area contributed by atoms with E-state index in [9.17, 15) is 0 Å². The number of hydrogen-bond donors (Lipinski definition) is 0. The fourth-order valence-electron chi connectivity index (χ4n) is 0.621. The van der Waals surface area contributed by atoms with Crippen LogP contribution in [0.4, 0.5) is 0 Å². The van der Waals surface area contributed by atoms with Crippen molar-refractivity contribution in [2.45, 2.75) is 26.7 Å². The van der Waals surface area contributed by atoms with E-state index in [1.807, 2.05) is 11.9 Å². The molecule has 0 aliphatic heterocycles. The normalized spacial score (nSPS) is 9.36. The highest BCUT2D eigenvalue weighted by Gasteiger charge is 1.97. The van der Waals surface area contributed by atoms with Crippen molar-refractivity contribution in [3.63, 3.8) is 0 Å². The van der Waals surface area contributed by atoms with Gasteiger partial charge in [-0.1, -0.05) is 13.3 Å². The van der Waals surface area contributed by atoms with Gasteiger partial charge in [0.05, 0.1) is 6.61 Å². The highest BCUT2D eigenvalue weighted by molar-refractivity contribution is 4.79. The molecule has 0 heterocycles. The third kappa shape index (κ3) is 4.71. The molecule has 0 bridgehead atoms. The topological polar surface area (TPSA) is 12.5 Å². The molecule has 0 amide bonds. The fourth-order valence-corrected chi connectivity index (χ4v) is 0.621. The van der Waals surface area contributed by atoms with E-state index >= 15 is 0 Å². The van der Waals surface area contributed by atoms with Crippen molar-refractivity contribution < 1.29 is 4.74 Å². The monoisotopic (exact) mass is 157 g/mol. The van der Waals surface area contributed by atoms with Gasteiger partial charge in [-0.3, -0.25) is 0 Å². The van der Waals surface area contributed by atoms with Crippen LogP contribution in [0, 0.1) is 0 Å². The molecule has 66 valence electrons. The molecule has 0 aliphatic carbocycles. The third-order valence-corrected chi connectivity index (χ3v) is 1.67. The van der Waals surface area contributed by atoms with Gasteiger partial charge in [0.2, 0.25) is 0 Å². The molecule has 0 saturated heterocycles. The second-order valence-electron chi connectivity index (χ2n) is 2.61. The highest BCUT2D eigenvalue weighted by atomic mass is 16.5. The Hall–Kier alpha value is -0.660. The van der Waals surface area contributed by atoms with E-state index < -0.39 is 0 Å². The zero-order valence-electron chi connectivity index (χ0n) is 7.89. The Kier molecular flexibility index (Phi) is 5.71. The van der Waals surface area contributed by atoms with Crippen LogP contribution in [0.5, 0.6) is 0 Å². The molecule has 0 aromatic heterocycles. The quantitative estimate of drug-likeness (QED) is 0.433. The predicted octanol–water partition coefficient (Wildman–Crippen LogP) is 2.23. The van der Waals surface area contributed by atoms with E-state index in [-0.39, 0.29) is 0 Å². The van der Waals surface area contributed by atoms with Crippen LogP contribution in [-0.4, -0.2) is 25.1 Å². The maximum atomic E-state index is 5.37. The molecule has 2 heteroatoms. The van der Waals surface area contributed by atoms with Crippen LogP contribution >= 0.6 is 0 Å². The lowest BCUT2D eigenvalue weighted by molar-refractivity contribution is 0.129. The van der Waals surface area contributed by atoms with E-state index in [1.165, 1.54) is 6.42 Å². The lowest BCUT2D eigenvalue weighted by atomic mass is 10.4. The van der Waals surface area contributed by atoms with Gasteiger partial charge in [0.1, 0.15) is 0 Å². The summed E-state index contributed by atoms with van der Waals surface area (Å²) in [6, 6.07) is 0. The van der Waals surface area contributed by atoms with E-state index in [1.54, 1.807) is 0 Å². The van der Waals surface area contributed by atoms with Gasteiger partial charge in [0.15, 0.2) is 5.88 Å². The second-order valence-corrected chi connectivity index (χ2v) is 2.61.